The number of hydrogen-bond acceptors (Lipinski definition) is 3. The molecule has 0 heterocycles. The van der Waals surface area contributed by atoms with Gasteiger partial charge in [-0.2, -0.15) is 0 Å². The number of aromatic hydroxyl groups is 1. The minimum absolute atomic E-state index is 0.0506. The van der Waals surface area contributed by atoms with Gasteiger partial charge in [0.1, 0.15) is 5.75 Å². The Morgan fingerprint density at radius 2 is 1.08 bits per heavy atom. The molecule has 0 aromatic heterocycles. The van der Waals surface area contributed by atoms with Crippen LogP contribution in [0.2, 0.25) is 0 Å². The molecule has 1 aromatic carbocycles. The largest absolute Gasteiger partial charge is 0.507 e. The van der Waals surface area contributed by atoms with E-state index in [1.807, 2.05) is 6.08 Å². The Balaban J connectivity index is 1.97. The lowest BCUT2D eigenvalue weighted by Gasteiger charge is -2.07. The Labute approximate surface area is 235 Å². The highest BCUT2D eigenvalue weighted by Gasteiger charge is 2.09. The maximum Gasteiger partial charge on any atom is 0.255 e. The van der Waals surface area contributed by atoms with E-state index < -0.39 is 0 Å². The number of amides is 2. The first kappa shape index (κ1) is 33.2. The Bertz CT molecular complexity index is 1010. The van der Waals surface area contributed by atoms with Gasteiger partial charge in [0, 0.05) is 19.5 Å². The van der Waals surface area contributed by atoms with Crippen molar-refractivity contribution in [2.75, 3.05) is 13.1 Å². The predicted molar refractivity (Wildman–Crippen MR) is 165 cm³/mol. The third kappa shape index (κ3) is 19.9. The summed E-state index contributed by atoms with van der Waals surface area (Å²) in [5.74, 6) is -0.472. The van der Waals surface area contributed by atoms with E-state index in [4.69, 9.17) is 0 Å². The maximum absolute atomic E-state index is 12.0. The fraction of sp³-hybridized carbons (Fsp3) is 0.353. The quantitative estimate of drug-likeness (QED) is 0.120. The number of hydrogen-bond donors (Lipinski definition) is 3. The lowest BCUT2D eigenvalue weighted by Crippen LogP contribution is -2.34. The Morgan fingerprint density at radius 1 is 0.641 bits per heavy atom. The van der Waals surface area contributed by atoms with Gasteiger partial charge < -0.3 is 15.7 Å². The van der Waals surface area contributed by atoms with Gasteiger partial charge in [-0.05, 0) is 63.5 Å². The van der Waals surface area contributed by atoms with Gasteiger partial charge in [0.25, 0.3) is 5.91 Å². The van der Waals surface area contributed by atoms with E-state index in [1.54, 1.807) is 18.2 Å². The van der Waals surface area contributed by atoms with Crippen LogP contribution >= 0.6 is 0 Å². The fourth-order valence-corrected chi connectivity index (χ4v) is 3.35. The van der Waals surface area contributed by atoms with Crippen LogP contribution in [0.5, 0.6) is 5.75 Å². The molecule has 39 heavy (non-hydrogen) atoms. The first-order chi connectivity index (χ1) is 19.1. The van der Waals surface area contributed by atoms with Gasteiger partial charge in [0.2, 0.25) is 5.91 Å². The van der Waals surface area contributed by atoms with Crippen LogP contribution in [0.1, 0.15) is 75.1 Å². The average molecular weight is 531 g/mol. The number of rotatable bonds is 20. The first-order valence-electron chi connectivity index (χ1n) is 14.0. The summed E-state index contributed by atoms with van der Waals surface area (Å²) in [5.41, 5.74) is 0.223. The molecule has 0 bridgehead atoms. The number of carbonyl (C=O) groups is 2. The molecule has 5 heteroatoms. The molecule has 0 aliphatic heterocycles. The zero-order valence-corrected chi connectivity index (χ0v) is 23.4. The van der Waals surface area contributed by atoms with E-state index in [0.29, 0.717) is 25.9 Å². The van der Waals surface area contributed by atoms with E-state index in [2.05, 4.69) is 96.5 Å². The lowest BCUT2D eigenvalue weighted by atomic mass is 10.2. The summed E-state index contributed by atoms with van der Waals surface area (Å²) in [6.07, 6.45) is 38.3. The molecule has 0 saturated carbocycles. The number of para-hydroxylation sites is 1. The van der Waals surface area contributed by atoms with Crippen LogP contribution in [0.15, 0.2) is 109 Å². The Kier molecular flexibility index (Phi) is 20.8. The molecule has 1 rings (SSSR count). The van der Waals surface area contributed by atoms with Gasteiger partial charge in [0.15, 0.2) is 0 Å². The summed E-state index contributed by atoms with van der Waals surface area (Å²) in [6.45, 7) is 2.80. The van der Waals surface area contributed by atoms with Crippen molar-refractivity contribution in [2.45, 2.75) is 64.7 Å². The highest BCUT2D eigenvalue weighted by Crippen LogP contribution is 2.14. The van der Waals surface area contributed by atoms with Gasteiger partial charge in [-0.25, -0.2) is 0 Å². The zero-order valence-electron chi connectivity index (χ0n) is 23.4. The van der Waals surface area contributed by atoms with E-state index in [9.17, 15) is 14.7 Å². The number of allylic oxidation sites excluding steroid dienone is 14. The topological polar surface area (TPSA) is 78.4 Å². The molecule has 0 saturated heterocycles. The molecule has 0 unspecified atom stereocenters. The summed E-state index contributed by atoms with van der Waals surface area (Å²) >= 11 is 0. The monoisotopic (exact) mass is 530 g/mol. The molecule has 0 fully saturated rings. The lowest BCUT2D eigenvalue weighted by molar-refractivity contribution is -0.120. The number of phenols is 1. The smallest absolute Gasteiger partial charge is 0.255 e. The molecule has 0 aliphatic carbocycles. The van der Waals surface area contributed by atoms with Crippen molar-refractivity contribution in [2.24, 2.45) is 0 Å². The van der Waals surface area contributed by atoms with Gasteiger partial charge in [-0.15, -0.1) is 0 Å². The number of carbonyl (C=O) groups excluding carboxylic acids is 2. The van der Waals surface area contributed by atoms with Crippen molar-refractivity contribution >= 4 is 11.8 Å². The molecule has 0 atom stereocenters. The highest BCUT2D eigenvalue weighted by atomic mass is 16.3. The van der Waals surface area contributed by atoms with Crippen LogP contribution in [-0.2, 0) is 4.79 Å². The molecule has 0 aliphatic rings. The van der Waals surface area contributed by atoms with E-state index in [-0.39, 0.29) is 23.1 Å². The van der Waals surface area contributed by atoms with Crippen LogP contribution < -0.4 is 10.6 Å². The molecule has 0 radical (unpaired) electrons. The van der Waals surface area contributed by atoms with Crippen molar-refractivity contribution in [3.63, 3.8) is 0 Å². The normalized spacial score (nSPS) is 12.4. The van der Waals surface area contributed by atoms with Crippen LogP contribution in [0.4, 0.5) is 0 Å². The molecule has 1 aromatic rings. The van der Waals surface area contributed by atoms with Gasteiger partial charge in [-0.3, -0.25) is 9.59 Å². The predicted octanol–water partition coefficient (Wildman–Crippen LogP) is 7.66. The van der Waals surface area contributed by atoms with Crippen molar-refractivity contribution in [3.05, 3.63) is 115 Å². The van der Waals surface area contributed by atoms with Gasteiger partial charge in [0.05, 0.1) is 5.56 Å². The van der Waals surface area contributed by atoms with Gasteiger partial charge in [-0.1, -0.05) is 104 Å². The Hall–Kier alpha value is -3.86. The molecule has 0 spiro atoms. The molecular formula is C34H46N2O3. The summed E-state index contributed by atoms with van der Waals surface area (Å²) < 4.78 is 0. The van der Waals surface area contributed by atoms with Crippen molar-refractivity contribution < 1.29 is 14.7 Å². The second-order valence-corrected chi connectivity index (χ2v) is 8.78. The third-order valence-corrected chi connectivity index (χ3v) is 5.45. The van der Waals surface area contributed by atoms with Crippen molar-refractivity contribution in [1.29, 1.82) is 0 Å². The summed E-state index contributed by atoms with van der Waals surface area (Å²) in [7, 11) is 0. The molecule has 210 valence electrons. The summed E-state index contributed by atoms with van der Waals surface area (Å²) in [4.78, 5) is 23.9. The minimum atomic E-state index is -0.361. The standard InChI is InChI=1S/C34H46N2O3/c1-2-3-4-5-6-7-8-9-10-11-12-13-14-15-16-17-18-19-20-21-22-23-28-33(38)35-29-30-36-34(39)31-26-24-25-27-32(31)37/h3-4,6-7,9-10,12-13,15-16,18-19,21-22,24-27,37H,2,5,8,11,14,17,20,23,28-30H2,1H3,(H,35,38)(H,36,39)/b4-3-,7-6-,10-9-,13-12-,16-15-,19-18-,22-21-. The summed E-state index contributed by atoms with van der Waals surface area (Å²) in [6, 6.07) is 6.36. The third-order valence-electron chi connectivity index (χ3n) is 5.45. The fourth-order valence-electron chi connectivity index (χ4n) is 3.35. The van der Waals surface area contributed by atoms with Crippen LogP contribution in [0, 0.1) is 0 Å². The number of nitrogens with one attached hydrogen (secondary N) is 2. The maximum atomic E-state index is 12.0. The second-order valence-electron chi connectivity index (χ2n) is 8.78. The van der Waals surface area contributed by atoms with Crippen molar-refractivity contribution in [3.8, 4) is 5.75 Å². The zero-order chi connectivity index (χ0) is 28.2. The molecular weight excluding hydrogens is 484 g/mol. The first-order valence-corrected chi connectivity index (χ1v) is 14.0. The van der Waals surface area contributed by atoms with Crippen LogP contribution in [0.3, 0.4) is 0 Å². The molecule has 2 amide bonds. The van der Waals surface area contributed by atoms with E-state index in [1.165, 1.54) is 6.07 Å². The van der Waals surface area contributed by atoms with E-state index in [0.717, 1.165) is 44.9 Å². The van der Waals surface area contributed by atoms with E-state index >= 15 is 0 Å². The minimum Gasteiger partial charge on any atom is -0.507 e. The molecule has 3 N–H and O–H groups in total. The molecule has 5 nitrogen and oxygen atoms in total. The Morgan fingerprint density at radius 3 is 1.56 bits per heavy atom. The SMILES string of the molecule is CC/C=C\C/C=C\C/C=C\C/C=C\C/C=C\C/C=C\C/C=C\CCC(=O)NCCNC(=O)c1ccccc1O. The number of benzene rings is 1. The van der Waals surface area contributed by atoms with Gasteiger partial charge >= 0.3 is 0 Å². The summed E-state index contributed by atoms with van der Waals surface area (Å²) in [5, 5.41) is 15.1. The number of phenolic OH excluding ortho intramolecular Hbond substituents is 1. The second kappa shape index (κ2) is 24.5. The van der Waals surface area contributed by atoms with Crippen LogP contribution in [0.25, 0.3) is 0 Å². The average Bonchev–Trinajstić information content (AvgIpc) is 2.94. The van der Waals surface area contributed by atoms with Crippen LogP contribution in [-0.4, -0.2) is 30.0 Å². The van der Waals surface area contributed by atoms with Crippen molar-refractivity contribution in [1.82, 2.24) is 10.6 Å². The highest BCUT2D eigenvalue weighted by molar-refractivity contribution is 5.96.